The molecule has 0 aromatic heterocycles. The van der Waals surface area contributed by atoms with Crippen LogP contribution in [-0.4, -0.2) is 23.8 Å². The molecule has 0 heterocycles. The Kier molecular flexibility index (Phi) is 5.17. The summed E-state index contributed by atoms with van der Waals surface area (Å²) in [4.78, 5) is 0. The summed E-state index contributed by atoms with van der Waals surface area (Å²) in [5, 5.41) is 23.1. The lowest BCUT2D eigenvalue weighted by molar-refractivity contribution is -0.00597. The second kappa shape index (κ2) is 6.88. The van der Waals surface area contributed by atoms with Gasteiger partial charge in [0, 0.05) is 13.1 Å². The Morgan fingerprint density at radius 1 is 1.35 bits per heavy atom. The van der Waals surface area contributed by atoms with Crippen molar-refractivity contribution in [2.45, 2.75) is 44.1 Å². The lowest BCUT2D eigenvalue weighted by Gasteiger charge is -2.35. The molecule has 0 bridgehead atoms. The Bertz CT molecular complexity index is 444. The van der Waals surface area contributed by atoms with E-state index in [4.69, 9.17) is 0 Å². The van der Waals surface area contributed by atoms with Crippen LogP contribution >= 0.6 is 0 Å². The number of benzene rings is 1. The molecule has 1 aliphatic carbocycles. The summed E-state index contributed by atoms with van der Waals surface area (Å²) >= 11 is 0. The molecule has 3 heteroatoms. The zero-order valence-corrected chi connectivity index (χ0v) is 12.2. The number of nitriles is 1. The van der Waals surface area contributed by atoms with Crippen molar-refractivity contribution in [3.8, 4) is 6.07 Å². The van der Waals surface area contributed by atoms with Crippen LogP contribution in [-0.2, 0) is 0 Å². The maximum atomic E-state index is 10.5. The van der Waals surface area contributed by atoms with Crippen LogP contribution in [0.15, 0.2) is 30.3 Å². The molecule has 1 aromatic rings. The third-order valence-corrected chi connectivity index (χ3v) is 4.37. The van der Waals surface area contributed by atoms with Crippen LogP contribution in [0.4, 0.5) is 0 Å². The van der Waals surface area contributed by atoms with E-state index in [0.29, 0.717) is 13.1 Å². The molecule has 3 nitrogen and oxygen atoms in total. The zero-order valence-electron chi connectivity index (χ0n) is 12.2. The summed E-state index contributed by atoms with van der Waals surface area (Å²) in [5.74, 6) is 0.578. The van der Waals surface area contributed by atoms with Gasteiger partial charge in [0.1, 0.15) is 0 Å². The third kappa shape index (κ3) is 4.06. The summed E-state index contributed by atoms with van der Waals surface area (Å²) in [6, 6.07) is 12.2. The highest BCUT2D eigenvalue weighted by Gasteiger charge is 2.31. The van der Waals surface area contributed by atoms with Gasteiger partial charge in [0.25, 0.3) is 0 Å². The van der Waals surface area contributed by atoms with Gasteiger partial charge in [-0.25, -0.2) is 0 Å². The summed E-state index contributed by atoms with van der Waals surface area (Å²) in [5.41, 5.74) is 0.454. The van der Waals surface area contributed by atoms with Crippen molar-refractivity contribution >= 4 is 0 Å². The van der Waals surface area contributed by atoms with Crippen LogP contribution in [0, 0.1) is 17.2 Å². The average molecular weight is 272 g/mol. The van der Waals surface area contributed by atoms with Gasteiger partial charge < -0.3 is 10.4 Å². The standard InChI is InChI=1S/C17H24N2O/c1-14-7-9-17(20,10-8-14)13-19-12-16(11-18)15-5-3-2-4-6-15/h2-6,14,16,19-20H,7-10,12-13H2,1H3. The SMILES string of the molecule is CC1CCC(O)(CNCC(C#N)c2ccccc2)CC1. The van der Waals surface area contributed by atoms with Crippen molar-refractivity contribution in [1.29, 1.82) is 5.26 Å². The average Bonchev–Trinajstić information content (AvgIpc) is 2.48. The minimum absolute atomic E-state index is 0.151. The lowest BCUT2D eigenvalue weighted by Crippen LogP contribution is -2.44. The maximum absolute atomic E-state index is 10.5. The first kappa shape index (κ1) is 15.0. The predicted octanol–water partition coefficient (Wildman–Crippen LogP) is 2.82. The quantitative estimate of drug-likeness (QED) is 0.866. The normalized spacial score (nSPS) is 27.8. The van der Waals surface area contributed by atoms with Gasteiger partial charge in [0.05, 0.1) is 17.6 Å². The number of rotatable bonds is 5. The maximum Gasteiger partial charge on any atom is 0.0837 e. The van der Waals surface area contributed by atoms with Crippen molar-refractivity contribution < 1.29 is 5.11 Å². The molecule has 1 fully saturated rings. The Balaban J connectivity index is 1.81. The van der Waals surface area contributed by atoms with Gasteiger partial charge >= 0.3 is 0 Å². The smallest absolute Gasteiger partial charge is 0.0837 e. The van der Waals surface area contributed by atoms with E-state index in [0.717, 1.165) is 37.2 Å². The summed E-state index contributed by atoms with van der Waals surface area (Å²) in [6.45, 7) is 3.43. The van der Waals surface area contributed by atoms with Crippen LogP contribution in [0.2, 0.25) is 0 Å². The molecule has 1 atom stereocenters. The van der Waals surface area contributed by atoms with E-state index in [9.17, 15) is 10.4 Å². The van der Waals surface area contributed by atoms with Crippen molar-refractivity contribution in [2.75, 3.05) is 13.1 Å². The monoisotopic (exact) mass is 272 g/mol. The number of nitrogens with zero attached hydrogens (tertiary/aromatic N) is 1. The van der Waals surface area contributed by atoms with E-state index >= 15 is 0 Å². The predicted molar refractivity (Wildman–Crippen MR) is 80.2 cm³/mol. The van der Waals surface area contributed by atoms with E-state index in [-0.39, 0.29) is 5.92 Å². The van der Waals surface area contributed by atoms with E-state index in [1.165, 1.54) is 0 Å². The summed E-state index contributed by atoms with van der Waals surface area (Å²) in [7, 11) is 0. The second-order valence-electron chi connectivity index (χ2n) is 6.13. The molecule has 108 valence electrons. The fourth-order valence-corrected chi connectivity index (χ4v) is 2.85. The molecular formula is C17H24N2O. The zero-order chi connectivity index (χ0) is 14.4. The lowest BCUT2D eigenvalue weighted by atomic mass is 9.79. The number of hydrogen-bond acceptors (Lipinski definition) is 3. The number of nitrogens with one attached hydrogen (secondary N) is 1. The molecule has 0 aliphatic heterocycles. The highest BCUT2D eigenvalue weighted by atomic mass is 16.3. The minimum Gasteiger partial charge on any atom is -0.389 e. The number of aliphatic hydroxyl groups is 1. The molecule has 2 rings (SSSR count). The molecule has 1 aromatic carbocycles. The Hall–Kier alpha value is -1.37. The molecule has 1 unspecified atom stereocenters. The molecule has 1 saturated carbocycles. The topological polar surface area (TPSA) is 56.0 Å². The largest absolute Gasteiger partial charge is 0.389 e. The first-order chi connectivity index (χ1) is 9.63. The van der Waals surface area contributed by atoms with Crippen molar-refractivity contribution in [2.24, 2.45) is 5.92 Å². The second-order valence-corrected chi connectivity index (χ2v) is 6.13. The molecule has 2 N–H and O–H groups in total. The van der Waals surface area contributed by atoms with Crippen molar-refractivity contribution in [3.05, 3.63) is 35.9 Å². The van der Waals surface area contributed by atoms with Crippen LogP contribution in [0.3, 0.4) is 0 Å². The fourth-order valence-electron chi connectivity index (χ4n) is 2.85. The van der Waals surface area contributed by atoms with Crippen molar-refractivity contribution in [1.82, 2.24) is 5.32 Å². The van der Waals surface area contributed by atoms with E-state index in [1.54, 1.807) is 0 Å². The molecule has 0 spiro atoms. The van der Waals surface area contributed by atoms with Crippen molar-refractivity contribution in [3.63, 3.8) is 0 Å². The fraction of sp³-hybridized carbons (Fsp3) is 0.588. The molecule has 1 aliphatic rings. The molecular weight excluding hydrogens is 248 g/mol. The van der Waals surface area contributed by atoms with Gasteiger partial charge in [-0.2, -0.15) is 5.26 Å². The van der Waals surface area contributed by atoms with Gasteiger partial charge in [0.15, 0.2) is 0 Å². The summed E-state index contributed by atoms with van der Waals surface area (Å²) < 4.78 is 0. The van der Waals surface area contributed by atoms with Crippen LogP contribution in [0.1, 0.15) is 44.1 Å². The van der Waals surface area contributed by atoms with E-state index < -0.39 is 5.60 Å². The Morgan fingerprint density at radius 2 is 2.00 bits per heavy atom. The number of hydrogen-bond donors (Lipinski definition) is 2. The van der Waals surface area contributed by atoms with Gasteiger partial charge in [-0.1, -0.05) is 37.3 Å². The van der Waals surface area contributed by atoms with Gasteiger partial charge in [-0.3, -0.25) is 0 Å². The molecule has 0 saturated heterocycles. The molecule has 0 radical (unpaired) electrons. The highest BCUT2D eigenvalue weighted by molar-refractivity contribution is 5.25. The Morgan fingerprint density at radius 3 is 2.60 bits per heavy atom. The molecule has 20 heavy (non-hydrogen) atoms. The highest BCUT2D eigenvalue weighted by Crippen LogP contribution is 2.31. The van der Waals surface area contributed by atoms with Gasteiger partial charge in [-0.15, -0.1) is 0 Å². The van der Waals surface area contributed by atoms with Crippen LogP contribution in [0.5, 0.6) is 0 Å². The van der Waals surface area contributed by atoms with E-state index in [1.807, 2.05) is 30.3 Å². The van der Waals surface area contributed by atoms with Crippen LogP contribution < -0.4 is 5.32 Å². The van der Waals surface area contributed by atoms with Gasteiger partial charge in [0.2, 0.25) is 0 Å². The third-order valence-electron chi connectivity index (χ3n) is 4.37. The first-order valence-corrected chi connectivity index (χ1v) is 7.51. The molecule has 0 amide bonds. The Labute approximate surface area is 121 Å². The van der Waals surface area contributed by atoms with E-state index in [2.05, 4.69) is 18.3 Å². The minimum atomic E-state index is -0.580. The van der Waals surface area contributed by atoms with Crippen LogP contribution in [0.25, 0.3) is 0 Å². The first-order valence-electron chi connectivity index (χ1n) is 7.51. The van der Waals surface area contributed by atoms with Gasteiger partial charge in [-0.05, 0) is 37.2 Å². The summed E-state index contributed by atoms with van der Waals surface area (Å²) in [6.07, 6.45) is 3.92.